The van der Waals surface area contributed by atoms with Crippen molar-refractivity contribution in [3.05, 3.63) is 18.2 Å². The van der Waals surface area contributed by atoms with E-state index >= 15 is 0 Å². The first kappa shape index (κ1) is 10.7. The van der Waals surface area contributed by atoms with Gasteiger partial charge in [0, 0.05) is 18.8 Å². The molecule has 1 saturated carbocycles. The van der Waals surface area contributed by atoms with Gasteiger partial charge in [-0.25, -0.2) is 4.98 Å². The van der Waals surface area contributed by atoms with Crippen molar-refractivity contribution in [2.45, 2.75) is 52.1 Å². The van der Waals surface area contributed by atoms with Gasteiger partial charge >= 0.3 is 0 Å². The molecule has 0 aliphatic heterocycles. The Balaban J connectivity index is 2.07. The molecule has 1 fully saturated rings. The maximum Gasteiger partial charge on any atom is 0.0948 e. The second-order valence-electron chi connectivity index (χ2n) is 4.99. The Morgan fingerprint density at radius 3 is 2.87 bits per heavy atom. The van der Waals surface area contributed by atoms with Crippen molar-refractivity contribution in [3.8, 4) is 0 Å². The van der Waals surface area contributed by atoms with Gasteiger partial charge in [-0.15, -0.1) is 0 Å². The zero-order chi connectivity index (χ0) is 10.9. The van der Waals surface area contributed by atoms with Crippen molar-refractivity contribution in [1.29, 1.82) is 0 Å². The van der Waals surface area contributed by atoms with Gasteiger partial charge in [-0.1, -0.05) is 13.3 Å². The normalized spacial score (nSPS) is 20.2. The molecule has 2 rings (SSSR count). The highest BCUT2D eigenvalue weighted by Gasteiger charge is 2.41. The van der Waals surface area contributed by atoms with Gasteiger partial charge in [-0.05, 0) is 31.6 Å². The summed E-state index contributed by atoms with van der Waals surface area (Å²) < 4.78 is 2.24. The second-order valence-corrected chi connectivity index (χ2v) is 4.99. The Kier molecular flexibility index (Phi) is 2.83. The van der Waals surface area contributed by atoms with Crippen LogP contribution in [0.15, 0.2) is 12.5 Å². The summed E-state index contributed by atoms with van der Waals surface area (Å²) in [7, 11) is 0. The van der Waals surface area contributed by atoms with Crippen LogP contribution in [0.4, 0.5) is 0 Å². The molecule has 1 unspecified atom stereocenters. The number of rotatable bonds is 5. The number of nitrogens with zero attached hydrogens (tertiary/aromatic N) is 2. The van der Waals surface area contributed by atoms with E-state index in [1.807, 2.05) is 19.4 Å². The van der Waals surface area contributed by atoms with Gasteiger partial charge in [0.05, 0.1) is 12.0 Å². The fourth-order valence-corrected chi connectivity index (χ4v) is 2.40. The fraction of sp³-hybridized carbons (Fsp3) is 0.750. The van der Waals surface area contributed by atoms with Crippen LogP contribution in [-0.4, -0.2) is 9.55 Å². The lowest BCUT2D eigenvalue weighted by Crippen LogP contribution is -2.17. The SMILES string of the molecule is CCCC1(Cn2cncc2C(C)N)CC1. The molecule has 0 radical (unpaired) electrons. The van der Waals surface area contributed by atoms with E-state index in [1.54, 1.807) is 0 Å². The Bertz CT molecular complexity index is 323. The standard InChI is InChI=1S/C12H21N3/c1-3-4-12(5-6-12)8-15-9-14-7-11(15)10(2)13/h7,9-10H,3-6,8,13H2,1-2H3. The topological polar surface area (TPSA) is 43.8 Å². The average molecular weight is 207 g/mol. The molecule has 84 valence electrons. The van der Waals surface area contributed by atoms with Crippen molar-refractivity contribution in [2.75, 3.05) is 0 Å². The minimum Gasteiger partial charge on any atom is -0.333 e. The summed E-state index contributed by atoms with van der Waals surface area (Å²) in [5.41, 5.74) is 7.64. The third kappa shape index (κ3) is 2.23. The highest BCUT2D eigenvalue weighted by molar-refractivity contribution is 5.05. The molecular formula is C12H21N3. The molecule has 15 heavy (non-hydrogen) atoms. The Hall–Kier alpha value is -0.830. The van der Waals surface area contributed by atoms with Gasteiger partial charge in [0.25, 0.3) is 0 Å². The van der Waals surface area contributed by atoms with Crippen LogP contribution in [0.3, 0.4) is 0 Å². The smallest absolute Gasteiger partial charge is 0.0948 e. The molecule has 3 heteroatoms. The lowest BCUT2D eigenvalue weighted by atomic mass is 10.0. The van der Waals surface area contributed by atoms with Crippen LogP contribution < -0.4 is 5.73 Å². The molecule has 0 bridgehead atoms. The molecule has 1 aliphatic rings. The lowest BCUT2D eigenvalue weighted by Gasteiger charge is -2.18. The van der Waals surface area contributed by atoms with E-state index < -0.39 is 0 Å². The third-order valence-corrected chi connectivity index (χ3v) is 3.45. The van der Waals surface area contributed by atoms with Gasteiger partial charge in [0.1, 0.15) is 0 Å². The van der Waals surface area contributed by atoms with Gasteiger partial charge in [0.15, 0.2) is 0 Å². The van der Waals surface area contributed by atoms with Crippen LogP contribution in [0.5, 0.6) is 0 Å². The molecule has 0 aromatic carbocycles. The van der Waals surface area contributed by atoms with E-state index in [4.69, 9.17) is 5.73 Å². The zero-order valence-corrected chi connectivity index (χ0v) is 9.74. The average Bonchev–Trinajstić information content (AvgIpc) is 2.77. The highest BCUT2D eigenvalue weighted by Crippen LogP contribution is 2.51. The first-order valence-electron chi connectivity index (χ1n) is 5.92. The van der Waals surface area contributed by atoms with Crippen LogP contribution in [0.25, 0.3) is 0 Å². The quantitative estimate of drug-likeness (QED) is 0.806. The van der Waals surface area contributed by atoms with Crippen molar-refractivity contribution >= 4 is 0 Å². The van der Waals surface area contributed by atoms with E-state index in [-0.39, 0.29) is 6.04 Å². The van der Waals surface area contributed by atoms with Gasteiger partial charge in [-0.2, -0.15) is 0 Å². The summed E-state index contributed by atoms with van der Waals surface area (Å²) in [4.78, 5) is 4.20. The van der Waals surface area contributed by atoms with Crippen LogP contribution in [0.2, 0.25) is 0 Å². The minimum absolute atomic E-state index is 0.0879. The lowest BCUT2D eigenvalue weighted by molar-refractivity contribution is 0.379. The van der Waals surface area contributed by atoms with E-state index in [9.17, 15) is 0 Å². The largest absolute Gasteiger partial charge is 0.333 e. The molecule has 2 N–H and O–H groups in total. The molecule has 0 amide bonds. The Morgan fingerprint density at radius 2 is 2.33 bits per heavy atom. The first-order valence-corrected chi connectivity index (χ1v) is 5.92. The van der Waals surface area contributed by atoms with Crippen LogP contribution in [0, 0.1) is 5.41 Å². The highest BCUT2D eigenvalue weighted by atomic mass is 15.1. The molecule has 1 aromatic rings. The predicted molar refractivity (Wildman–Crippen MR) is 61.4 cm³/mol. The third-order valence-electron chi connectivity index (χ3n) is 3.45. The van der Waals surface area contributed by atoms with E-state index in [1.165, 1.54) is 25.7 Å². The first-order chi connectivity index (χ1) is 7.17. The van der Waals surface area contributed by atoms with E-state index in [0.29, 0.717) is 5.41 Å². The molecule has 1 atom stereocenters. The number of nitrogens with two attached hydrogens (primary N) is 1. The summed E-state index contributed by atoms with van der Waals surface area (Å²) in [6, 6.07) is 0.0879. The van der Waals surface area contributed by atoms with Gasteiger partial charge in [0.2, 0.25) is 0 Å². The van der Waals surface area contributed by atoms with E-state index in [2.05, 4.69) is 16.5 Å². The number of imidazole rings is 1. The van der Waals surface area contributed by atoms with Crippen molar-refractivity contribution in [3.63, 3.8) is 0 Å². The van der Waals surface area contributed by atoms with E-state index in [0.717, 1.165) is 12.2 Å². The van der Waals surface area contributed by atoms with Crippen molar-refractivity contribution in [2.24, 2.45) is 11.1 Å². The molecule has 1 heterocycles. The van der Waals surface area contributed by atoms with Crippen LogP contribution >= 0.6 is 0 Å². The number of hydrogen-bond donors (Lipinski definition) is 1. The fourth-order valence-electron chi connectivity index (χ4n) is 2.40. The molecule has 1 aliphatic carbocycles. The number of hydrogen-bond acceptors (Lipinski definition) is 2. The molecular weight excluding hydrogens is 186 g/mol. The molecule has 0 spiro atoms. The van der Waals surface area contributed by atoms with Crippen molar-refractivity contribution < 1.29 is 0 Å². The summed E-state index contributed by atoms with van der Waals surface area (Å²) in [5, 5.41) is 0. The predicted octanol–water partition coefficient (Wildman–Crippen LogP) is 2.48. The van der Waals surface area contributed by atoms with Gasteiger partial charge in [-0.3, -0.25) is 0 Å². The van der Waals surface area contributed by atoms with Crippen LogP contribution in [-0.2, 0) is 6.54 Å². The zero-order valence-electron chi connectivity index (χ0n) is 9.74. The Morgan fingerprint density at radius 1 is 1.60 bits per heavy atom. The minimum atomic E-state index is 0.0879. The molecule has 3 nitrogen and oxygen atoms in total. The second kappa shape index (κ2) is 3.97. The number of aromatic nitrogens is 2. The molecule has 1 aromatic heterocycles. The van der Waals surface area contributed by atoms with Crippen LogP contribution in [0.1, 0.15) is 51.3 Å². The maximum absolute atomic E-state index is 5.91. The Labute approximate surface area is 91.7 Å². The van der Waals surface area contributed by atoms with Crippen molar-refractivity contribution in [1.82, 2.24) is 9.55 Å². The monoisotopic (exact) mass is 207 g/mol. The summed E-state index contributed by atoms with van der Waals surface area (Å²) >= 11 is 0. The summed E-state index contributed by atoms with van der Waals surface area (Å²) in [5.74, 6) is 0. The summed E-state index contributed by atoms with van der Waals surface area (Å²) in [6.45, 7) is 5.39. The summed E-state index contributed by atoms with van der Waals surface area (Å²) in [6.07, 6.45) is 9.18. The maximum atomic E-state index is 5.91. The van der Waals surface area contributed by atoms with Gasteiger partial charge < -0.3 is 10.3 Å². The molecule has 0 saturated heterocycles.